The van der Waals surface area contributed by atoms with Gasteiger partial charge in [-0.2, -0.15) is 0 Å². The van der Waals surface area contributed by atoms with Crippen molar-refractivity contribution in [1.82, 2.24) is 20.0 Å². The standard InChI is InChI=1S/C18H33N4O/c1-20-10-7-17(8-11-20)21-12-14-22(15-13-21)18(23)6-5-16-4-2-3-9-19-16/h16-17H,2-15H2,1H3. The summed E-state index contributed by atoms with van der Waals surface area (Å²) in [6.07, 6.45) is 7.95. The lowest BCUT2D eigenvalue weighted by molar-refractivity contribution is -0.133. The quantitative estimate of drug-likeness (QED) is 0.780. The molecule has 0 aromatic rings. The van der Waals surface area contributed by atoms with Crippen molar-refractivity contribution in [3.63, 3.8) is 0 Å². The minimum atomic E-state index is 0.355. The van der Waals surface area contributed by atoms with Gasteiger partial charge in [0.05, 0.1) is 0 Å². The Morgan fingerprint density at radius 1 is 1.00 bits per heavy atom. The molecular formula is C18H33N4O. The number of piperazine rings is 1. The van der Waals surface area contributed by atoms with Gasteiger partial charge in [-0.15, -0.1) is 0 Å². The smallest absolute Gasteiger partial charge is 0.222 e. The van der Waals surface area contributed by atoms with Crippen LogP contribution in [0.3, 0.4) is 0 Å². The zero-order valence-corrected chi connectivity index (χ0v) is 14.8. The Bertz CT molecular complexity index is 367. The summed E-state index contributed by atoms with van der Waals surface area (Å²) in [5.41, 5.74) is 0. The molecule has 0 aliphatic carbocycles. The summed E-state index contributed by atoms with van der Waals surface area (Å²) in [6.45, 7) is 7.42. The van der Waals surface area contributed by atoms with Gasteiger partial charge in [-0.05, 0) is 52.2 Å². The van der Waals surface area contributed by atoms with Crippen LogP contribution in [-0.4, -0.2) is 85.6 Å². The summed E-state index contributed by atoms with van der Waals surface area (Å²) in [6, 6.07) is 1.19. The minimum absolute atomic E-state index is 0.355. The summed E-state index contributed by atoms with van der Waals surface area (Å²) in [7, 11) is 2.21. The summed E-state index contributed by atoms with van der Waals surface area (Å²) >= 11 is 0. The first-order chi connectivity index (χ1) is 11.2. The summed E-state index contributed by atoms with van der Waals surface area (Å²) in [4.78, 5) is 19.6. The summed E-state index contributed by atoms with van der Waals surface area (Å²) in [5, 5.41) is 4.64. The van der Waals surface area contributed by atoms with Crippen molar-refractivity contribution in [3.8, 4) is 0 Å². The number of carbonyl (C=O) groups is 1. The van der Waals surface area contributed by atoms with Crippen LogP contribution in [0, 0.1) is 0 Å². The molecule has 131 valence electrons. The van der Waals surface area contributed by atoms with E-state index >= 15 is 0 Å². The Kier molecular flexibility index (Phi) is 6.31. The number of amides is 1. The van der Waals surface area contributed by atoms with Gasteiger partial charge >= 0.3 is 0 Å². The van der Waals surface area contributed by atoms with Gasteiger partial charge in [0, 0.05) is 51.2 Å². The fraction of sp³-hybridized carbons (Fsp3) is 0.944. The van der Waals surface area contributed by atoms with Crippen molar-refractivity contribution in [2.24, 2.45) is 0 Å². The third-order valence-corrected chi connectivity index (χ3v) is 5.90. The van der Waals surface area contributed by atoms with Crippen molar-refractivity contribution >= 4 is 5.91 Å². The molecule has 3 rings (SSSR count). The monoisotopic (exact) mass is 321 g/mol. The number of piperidine rings is 2. The van der Waals surface area contributed by atoms with Crippen molar-refractivity contribution in [2.45, 2.75) is 57.0 Å². The normalized spacial score (nSPS) is 28.9. The fourth-order valence-electron chi connectivity index (χ4n) is 4.24. The number of hydrogen-bond donors (Lipinski definition) is 0. The molecule has 3 aliphatic rings. The lowest BCUT2D eigenvalue weighted by Crippen LogP contribution is -2.54. The van der Waals surface area contributed by atoms with E-state index in [1.165, 1.54) is 45.2 Å². The molecule has 5 nitrogen and oxygen atoms in total. The summed E-state index contributed by atoms with van der Waals surface area (Å²) < 4.78 is 0. The van der Waals surface area contributed by atoms with E-state index in [0.717, 1.165) is 45.2 Å². The number of hydrogen-bond acceptors (Lipinski definition) is 3. The highest BCUT2D eigenvalue weighted by Gasteiger charge is 2.28. The van der Waals surface area contributed by atoms with Gasteiger partial charge in [-0.25, -0.2) is 5.32 Å². The van der Waals surface area contributed by atoms with Gasteiger partial charge in [0.25, 0.3) is 0 Å². The third kappa shape index (κ3) is 4.91. The molecule has 0 bridgehead atoms. The molecule has 1 amide bonds. The molecule has 3 aliphatic heterocycles. The van der Waals surface area contributed by atoms with Crippen molar-refractivity contribution in [1.29, 1.82) is 0 Å². The largest absolute Gasteiger partial charge is 0.340 e. The molecule has 3 heterocycles. The molecule has 0 aromatic carbocycles. The highest BCUT2D eigenvalue weighted by Crippen LogP contribution is 2.18. The van der Waals surface area contributed by atoms with E-state index in [-0.39, 0.29) is 0 Å². The third-order valence-electron chi connectivity index (χ3n) is 5.90. The number of nitrogens with zero attached hydrogens (tertiary/aromatic N) is 4. The Morgan fingerprint density at radius 3 is 2.39 bits per heavy atom. The van der Waals surface area contributed by atoms with Crippen molar-refractivity contribution in [3.05, 3.63) is 0 Å². The Balaban J connectivity index is 1.35. The molecule has 3 fully saturated rings. The molecule has 0 saturated carbocycles. The second-order valence-electron chi connectivity index (χ2n) is 7.55. The molecule has 0 spiro atoms. The van der Waals surface area contributed by atoms with E-state index in [1.54, 1.807) is 0 Å². The van der Waals surface area contributed by atoms with Crippen LogP contribution in [0.5, 0.6) is 0 Å². The highest BCUT2D eigenvalue weighted by atomic mass is 16.2. The average Bonchev–Trinajstić information content (AvgIpc) is 2.61. The minimum Gasteiger partial charge on any atom is -0.340 e. The molecule has 1 atom stereocenters. The molecule has 23 heavy (non-hydrogen) atoms. The van der Waals surface area contributed by atoms with Gasteiger partial charge in [-0.3, -0.25) is 9.69 Å². The van der Waals surface area contributed by atoms with Crippen LogP contribution in [0.25, 0.3) is 0 Å². The maximum atomic E-state index is 12.4. The Morgan fingerprint density at radius 2 is 1.74 bits per heavy atom. The van der Waals surface area contributed by atoms with E-state index in [0.29, 0.717) is 18.4 Å². The first kappa shape index (κ1) is 17.2. The Labute approximate surface area is 141 Å². The SMILES string of the molecule is CN1CCC(N2CCN(C(=O)CCC3CCCC[N]3)CC2)CC1. The van der Waals surface area contributed by atoms with Gasteiger partial charge in [0.1, 0.15) is 0 Å². The van der Waals surface area contributed by atoms with Crippen LogP contribution in [0.2, 0.25) is 0 Å². The zero-order valence-electron chi connectivity index (χ0n) is 14.8. The van der Waals surface area contributed by atoms with Crippen molar-refractivity contribution in [2.75, 3.05) is 52.9 Å². The van der Waals surface area contributed by atoms with Crippen LogP contribution in [0.4, 0.5) is 0 Å². The topological polar surface area (TPSA) is 40.9 Å². The molecule has 1 unspecified atom stereocenters. The lowest BCUT2D eigenvalue weighted by Gasteiger charge is -2.42. The molecule has 1 radical (unpaired) electrons. The molecular weight excluding hydrogens is 288 g/mol. The van der Waals surface area contributed by atoms with Crippen LogP contribution < -0.4 is 5.32 Å². The first-order valence-corrected chi connectivity index (χ1v) is 9.59. The van der Waals surface area contributed by atoms with Crippen LogP contribution in [0.1, 0.15) is 44.9 Å². The maximum absolute atomic E-state index is 12.4. The van der Waals surface area contributed by atoms with Gasteiger partial charge in [0.15, 0.2) is 0 Å². The van der Waals surface area contributed by atoms with Gasteiger partial charge in [-0.1, -0.05) is 6.42 Å². The van der Waals surface area contributed by atoms with E-state index in [2.05, 4.69) is 27.1 Å². The van der Waals surface area contributed by atoms with E-state index < -0.39 is 0 Å². The Hall–Kier alpha value is -0.650. The number of rotatable bonds is 4. The number of likely N-dealkylation sites (tertiary alicyclic amines) is 1. The zero-order chi connectivity index (χ0) is 16.1. The van der Waals surface area contributed by atoms with Crippen LogP contribution in [0.15, 0.2) is 0 Å². The predicted molar refractivity (Wildman–Crippen MR) is 92.5 cm³/mol. The van der Waals surface area contributed by atoms with E-state index in [9.17, 15) is 4.79 Å². The lowest BCUT2D eigenvalue weighted by atomic mass is 10.00. The number of carbonyl (C=O) groups excluding carboxylic acids is 1. The van der Waals surface area contributed by atoms with E-state index in [4.69, 9.17) is 0 Å². The highest BCUT2D eigenvalue weighted by molar-refractivity contribution is 5.76. The summed E-state index contributed by atoms with van der Waals surface area (Å²) in [5.74, 6) is 0.355. The average molecular weight is 321 g/mol. The van der Waals surface area contributed by atoms with Crippen molar-refractivity contribution < 1.29 is 4.79 Å². The predicted octanol–water partition coefficient (Wildman–Crippen LogP) is 1.16. The molecule has 0 N–H and O–H groups in total. The van der Waals surface area contributed by atoms with Crippen LogP contribution >= 0.6 is 0 Å². The molecule has 3 saturated heterocycles. The second kappa shape index (κ2) is 8.45. The first-order valence-electron chi connectivity index (χ1n) is 9.59. The molecule has 5 heteroatoms. The second-order valence-corrected chi connectivity index (χ2v) is 7.55. The fourth-order valence-corrected chi connectivity index (χ4v) is 4.24. The maximum Gasteiger partial charge on any atom is 0.222 e. The molecule has 0 aromatic heterocycles. The van der Waals surface area contributed by atoms with Gasteiger partial charge < -0.3 is 9.80 Å². The van der Waals surface area contributed by atoms with E-state index in [1.807, 2.05) is 0 Å². The van der Waals surface area contributed by atoms with Crippen LogP contribution in [-0.2, 0) is 4.79 Å². The van der Waals surface area contributed by atoms with Gasteiger partial charge in [0.2, 0.25) is 5.91 Å².